The highest BCUT2D eigenvalue weighted by molar-refractivity contribution is 5.94. The van der Waals surface area contributed by atoms with Gasteiger partial charge < -0.3 is 4.90 Å². The van der Waals surface area contributed by atoms with E-state index in [1.807, 2.05) is 79.7 Å². The minimum absolute atomic E-state index is 0.181. The van der Waals surface area contributed by atoms with Crippen LogP contribution in [-0.2, 0) is 6.54 Å². The van der Waals surface area contributed by atoms with E-state index in [9.17, 15) is 4.79 Å². The summed E-state index contributed by atoms with van der Waals surface area (Å²) in [6.07, 6.45) is 3.68. The second-order valence-corrected chi connectivity index (χ2v) is 7.52. The molecule has 0 aliphatic rings. The summed E-state index contributed by atoms with van der Waals surface area (Å²) in [7, 11) is 0. The van der Waals surface area contributed by atoms with E-state index in [2.05, 4.69) is 11.1 Å². The van der Waals surface area contributed by atoms with E-state index in [0.717, 1.165) is 28.1 Å². The second-order valence-electron chi connectivity index (χ2n) is 7.52. The Morgan fingerprint density at radius 2 is 1.84 bits per heavy atom. The molecule has 0 spiro atoms. The summed E-state index contributed by atoms with van der Waals surface area (Å²) in [4.78, 5) is 19.5. The summed E-state index contributed by atoms with van der Waals surface area (Å²) >= 11 is 0. The number of carbonyl (C=O) groups is 1. The fourth-order valence-corrected chi connectivity index (χ4v) is 3.48. The first-order valence-corrected chi connectivity index (χ1v) is 10.4. The van der Waals surface area contributed by atoms with Gasteiger partial charge in [-0.05, 0) is 36.8 Å². The van der Waals surface area contributed by atoms with Crippen LogP contribution >= 0.6 is 0 Å². The summed E-state index contributed by atoms with van der Waals surface area (Å²) in [6.45, 7) is 2.71. The number of pyridine rings is 1. The molecule has 0 saturated carbocycles. The van der Waals surface area contributed by atoms with Gasteiger partial charge in [0.1, 0.15) is 5.69 Å². The molecule has 158 valence electrons. The van der Waals surface area contributed by atoms with Crippen LogP contribution in [0.4, 0.5) is 0 Å². The van der Waals surface area contributed by atoms with Crippen LogP contribution < -0.4 is 0 Å². The van der Waals surface area contributed by atoms with Gasteiger partial charge in [0, 0.05) is 31.0 Å². The normalized spacial score (nSPS) is 10.5. The summed E-state index contributed by atoms with van der Waals surface area (Å²) < 4.78 is 1.69. The van der Waals surface area contributed by atoms with Gasteiger partial charge in [0.25, 0.3) is 5.91 Å². The van der Waals surface area contributed by atoms with Crippen molar-refractivity contribution in [3.05, 3.63) is 102 Å². The van der Waals surface area contributed by atoms with E-state index in [-0.39, 0.29) is 12.3 Å². The number of amides is 1. The molecule has 6 nitrogen and oxygen atoms in total. The lowest BCUT2D eigenvalue weighted by atomic mass is 10.1. The molecule has 0 saturated heterocycles. The minimum Gasteiger partial charge on any atom is -0.332 e. The molecule has 0 N–H and O–H groups in total. The van der Waals surface area contributed by atoms with Crippen molar-refractivity contribution in [3.8, 4) is 23.0 Å². The van der Waals surface area contributed by atoms with Crippen molar-refractivity contribution in [1.82, 2.24) is 19.7 Å². The van der Waals surface area contributed by atoms with Crippen LogP contribution in [0.25, 0.3) is 16.9 Å². The van der Waals surface area contributed by atoms with Gasteiger partial charge in [0.2, 0.25) is 0 Å². The molecule has 0 radical (unpaired) electrons. The van der Waals surface area contributed by atoms with Crippen molar-refractivity contribution >= 4 is 5.91 Å². The molecule has 0 atom stereocenters. The second kappa shape index (κ2) is 9.71. The van der Waals surface area contributed by atoms with E-state index in [1.165, 1.54) is 0 Å². The van der Waals surface area contributed by atoms with Gasteiger partial charge in [-0.25, -0.2) is 4.68 Å². The Morgan fingerprint density at radius 3 is 2.53 bits per heavy atom. The highest BCUT2D eigenvalue weighted by Crippen LogP contribution is 2.23. The first-order chi connectivity index (χ1) is 15.7. The van der Waals surface area contributed by atoms with Crippen LogP contribution in [-0.4, -0.2) is 32.1 Å². The van der Waals surface area contributed by atoms with Crippen LogP contribution in [0.3, 0.4) is 0 Å². The van der Waals surface area contributed by atoms with E-state index < -0.39 is 0 Å². The zero-order valence-electron chi connectivity index (χ0n) is 17.8. The third kappa shape index (κ3) is 4.73. The number of nitriles is 1. The molecule has 4 rings (SSSR count). The number of rotatable bonds is 7. The fourth-order valence-electron chi connectivity index (χ4n) is 3.48. The topological polar surface area (TPSA) is 74.8 Å². The molecule has 0 aliphatic carbocycles. The maximum absolute atomic E-state index is 13.7. The third-order valence-electron chi connectivity index (χ3n) is 5.15. The van der Waals surface area contributed by atoms with Crippen molar-refractivity contribution in [2.75, 3.05) is 6.54 Å². The molecule has 1 amide bonds. The number of hydrogen-bond donors (Lipinski definition) is 0. The van der Waals surface area contributed by atoms with E-state index in [1.54, 1.807) is 22.0 Å². The highest BCUT2D eigenvalue weighted by Gasteiger charge is 2.23. The Bertz CT molecular complexity index is 1220. The van der Waals surface area contributed by atoms with Crippen molar-refractivity contribution in [2.24, 2.45) is 0 Å². The molecular formula is C26H23N5O. The number of nitrogens with zero attached hydrogens (tertiary/aromatic N) is 5. The standard InChI is InChI=1S/C26H23N5O/c1-20-10-12-23(13-11-20)31-25(17-24(29-31)22-8-3-2-4-9-22)26(32)30(16-6-14-27)19-21-7-5-15-28-18-21/h2-5,7-13,15,17-18H,6,16,19H2,1H3. The lowest BCUT2D eigenvalue weighted by Gasteiger charge is -2.22. The van der Waals surface area contributed by atoms with Crippen LogP contribution in [0.5, 0.6) is 0 Å². The average molecular weight is 422 g/mol. The molecule has 0 bridgehead atoms. The lowest BCUT2D eigenvalue weighted by Crippen LogP contribution is -2.33. The molecule has 6 heteroatoms. The maximum atomic E-state index is 13.7. The highest BCUT2D eigenvalue weighted by atomic mass is 16.2. The van der Waals surface area contributed by atoms with Crippen molar-refractivity contribution in [1.29, 1.82) is 5.26 Å². The molecule has 0 aliphatic heterocycles. The van der Waals surface area contributed by atoms with E-state index in [4.69, 9.17) is 10.4 Å². The van der Waals surface area contributed by atoms with Gasteiger partial charge in [-0.3, -0.25) is 9.78 Å². The Labute approximate surface area is 187 Å². The molecule has 2 heterocycles. The lowest BCUT2D eigenvalue weighted by molar-refractivity contribution is 0.0737. The fraction of sp³-hybridized carbons (Fsp3) is 0.154. The molecule has 0 unspecified atom stereocenters. The van der Waals surface area contributed by atoms with Gasteiger partial charge in [-0.1, -0.05) is 54.1 Å². The van der Waals surface area contributed by atoms with Crippen molar-refractivity contribution in [3.63, 3.8) is 0 Å². The summed E-state index contributed by atoms with van der Waals surface area (Å²) in [6, 6.07) is 25.4. The van der Waals surface area contributed by atoms with E-state index >= 15 is 0 Å². The molecule has 0 fully saturated rings. The van der Waals surface area contributed by atoms with Crippen LogP contribution in [0.15, 0.2) is 85.2 Å². The molecule has 2 aromatic carbocycles. The van der Waals surface area contributed by atoms with Gasteiger partial charge in [0.15, 0.2) is 0 Å². The first kappa shape index (κ1) is 21.0. The number of aromatic nitrogens is 3. The van der Waals surface area contributed by atoms with Gasteiger partial charge in [-0.2, -0.15) is 10.4 Å². The summed E-state index contributed by atoms with van der Waals surface area (Å²) in [5, 5.41) is 13.9. The number of hydrogen-bond acceptors (Lipinski definition) is 4. The van der Waals surface area contributed by atoms with Crippen LogP contribution in [0, 0.1) is 18.3 Å². The number of benzene rings is 2. The smallest absolute Gasteiger partial charge is 0.272 e. The van der Waals surface area contributed by atoms with Gasteiger partial charge >= 0.3 is 0 Å². The van der Waals surface area contributed by atoms with Crippen molar-refractivity contribution in [2.45, 2.75) is 19.9 Å². The summed E-state index contributed by atoms with van der Waals surface area (Å²) in [5.41, 5.74) is 4.95. The Balaban J connectivity index is 1.76. The Hall–Kier alpha value is -4.24. The van der Waals surface area contributed by atoms with Gasteiger partial charge in [0.05, 0.1) is 23.9 Å². The van der Waals surface area contributed by atoms with Gasteiger partial charge in [-0.15, -0.1) is 0 Å². The van der Waals surface area contributed by atoms with Crippen LogP contribution in [0.2, 0.25) is 0 Å². The predicted molar refractivity (Wildman–Crippen MR) is 123 cm³/mol. The molecule has 32 heavy (non-hydrogen) atoms. The molecule has 4 aromatic rings. The minimum atomic E-state index is -0.181. The Morgan fingerprint density at radius 1 is 1.06 bits per heavy atom. The zero-order chi connectivity index (χ0) is 22.3. The molecule has 2 aromatic heterocycles. The largest absolute Gasteiger partial charge is 0.332 e. The number of aryl methyl sites for hydroxylation is 1. The van der Waals surface area contributed by atoms with Crippen molar-refractivity contribution < 1.29 is 4.79 Å². The number of carbonyl (C=O) groups excluding carboxylic acids is 1. The average Bonchev–Trinajstić information content (AvgIpc) is 3.28. The Kier molecular flexibility index (Phi) is 6.38. The first-order valence-electron chi connectivity index (χ1n) is 10.4. The van der Waals surface area contributed by atoms with Crippen LogP contribution in [0.1, 0.15) is 28.0 Å². The van der Waals surface area contributed by atoms with E-state index in [0.29, 0.717) is 18.8 Å². The maximum Gasteiger partial charge on any atom is 0.272 e. The quantitative estimate of drug-likeness (QED) is 0.430. The monoisotopic (exact) mass is 421 g/mol. The third-order valence-corrected chi connectivity index (χ3v) is 5.15. The predicted octanol–water partition coefficient (Wildman–Crippen LogP) is 4.80. The zero-order valence-corrected chi connectivity index (χ0v) is 17.8. The summed E-state index contributed by atoms with van der Waals surface area (Å²) in [5.74, 6) is -0.181. The SMILES string of the molecule is Cc1ccc(-n2nc(-c3ccccc3)cc2C(=O)N(CCC#N)Cc2cccnc2)cc1. The molecular weight excluding hydrogens is 398 g/mol.